The first-order valence-electron chi connectivity index (χ1n) is 5.60. The first kappa shape index (κ1) is 12.0. The van der Waals surface area contributed by atoms with Crippen molar-refractivity contribution in [1.29, 1.82) is 0 Å². The van der Waals surface area contributed by atoms with Crippen molar-refractivity contribution < 1.29 is 18.7 Å². The van der Waals surface area contributed by atoms with Gasteiger partial charge in [-0.1, -0.05) is 0 Å². The summed E-state index contributed by atoms with van der Waals surface area (Å²) in [6.07, 6.45) is 1.92. The minimum atomic E-state index is -0.916. The zero-order valence-electron chi connectivity index (χ0n) is 9.54. The van der Waals surface area contributed by atoms with Gasteiger partial charge in [0.25, 0.3) is 0 Å². The quantitative estimate of drug-likeness (QED) is 0.878. The fourth-order valence-electron chi connectivity index (χ4n) is 2.25. The van der Waals surface area contributed by atoms with Crippen molar-refractivity contribution in [3.8, 4) is 0 Å². The Kier molecular flexibility index (Phi) is 2.89. The van der Waals surface area contributed by atoms with E-state index >= 15 is 0 Å². The Balaban J connectivity index is 2.26. The molecule has 0 bridgehead atoms. The van der Waals surface area contributed by atoms with Crippen molar-refractivity contribution in [2.24, 2.45) is 11.3 Å². The van der Waals surface area contributed by atoms with Gasteiger partial charge in [-0.05, 0) is 49.8 Å². The van der Waals surface area contributed by atoms with E-state index in [1.54, 1.807) is 6.92 Å². The highest BCUT2D eigenvalue weighted by molar-refractivity contribution is 5.75. The van der Waals surface area contributed by atoms with E-state index in [9.17, 15) is 18.7 Å². The largest absolute Gasteiger partial charge is 0.481 e. The van der Waals surface area contributed by atoms with Crippen LogP contribution in [-0.2, 0) is 11.2 Å². The molecular weight excluding hydrogens is 226 g/mol. The summed E-state index contributed by atoms with van der Waals surface area (Å²) in [6, 6.07) is 3.19. The van der Waals surface area contributed by atoms with Crippen LogP contribution in [0.5, 0.6) is 0 Å². The van der Waals surface area contributed by atoms with Crippen molar-refractivity contribution in [3.05, 3.63) is 35.4 Å². The molecule has 2 nitrogen and oxygen atoms in total. The molecule has 0 heterocycles. The lowest BCUT2D eigenvalue weighted by molar-refractivity contribution is -0.149. The summed E-state index contributed by atoms with van der Waals surface area (Å²) in [5.74, 6) is -2.11. The number of carbonyl (C=O) groups is 1. The smallest absolute Gasteiger partial charge is 0.309 e. The summed E-state index contributed by atoms with van der Waals surface area (Å²) in [5.41, 5.74) is -0.514. The molecule has 1 N–H and O–H groups in total. The maximum Gasteiger partial charge on any atom is 0.309 e. The second-order valence-corrected chi connectivity index (χ2v) is 4.95. The third-order valence-electron chi connectivity index (χ3n) is 3.46. The first-order valence-corrected chi connectivity index (χ1v) is 5.60. The summed E-state index contributed by atoms with van der Waals surface area (Å²) in [5, 5.41) is 9.26. The normalized spacial score (nSPS) is 18.8. The Hall–Kier alpha value is -1.45. The van der Waals surface area contributed by atoms with Crippen LogP contribution in [0.1, 0.15) is 25.3 Å². The minimum Gasteiger partial charge on any atom is -0.481 e. The van der Waals surface area contributed by atoms with Gasteiger partial charge in [0.05, 0.1) is 5.41 Å². The number of carboxylic acids is 1. The lowest BCUT2D eigenvalue weighted by atomic mass is 9.79. The van der Waals surface area contributed by atoms with Crippen molar-refractivity contribution in [2.75, 3.05) is 0 Å². The van der Waals surface area contributed by atoms with E-state index in [2.05, 4.69) is 0 Å². The second-order valence-electron chi connectivity index (χ2n) is 4.95. The highest BCUT2D eigenvalue weighted by Gasteiger charge is 2.47. The highest BCUT2D eigenvalue weighted by Crippen LogP contribution is 2.47. The predicted octanol–water partition coefficient (Wildman–Crippen LogP) is 3.01. The Labute approximate surface area is 98.3 Å². The van der Waals surface area contributed by atoms with Crippen LogP contribution in [0.2, 0.25) is 0 Å². The summed E-state index contributed by atoms with van der Waals surface area (Å²) in [6.45, 7) is 1.65. The molecule has 0 amide bonds. The van der Waals surface area contributed by atoms with Crippen LogP contribution in [-0.4, -0.2) is 11.1 Å². The molecular formula is C13H14F2O2. The van der Waals surface area contributed by atoms with Crippen LogP contribution in [0, 0.1) is 23.0 Å². The van der Waals surface area contributed by atoms with E-state index in [1.165, 1.54) is 12.1 Å². The van der Waals surface area contributed by atoms with E-state index in [0.717, 1.165) is 18.9 Å². The highest BCUT2D eigenvalue weighted by atomic mass is 19.1. The van der Waals surface area contributed by atoms with Gasteiger partial charge in [-0.2, -0.15) is 0 Å². The van der Waals surface area contributed by atoms with Gasteiger partial charge < -0.3 is 5.11 Å². The Morgan fingerprint density at radius 3 is 2.29 bits per heavy atom. The number of carboxylic acid groups (broad SMARTS) is 1. The molecule has 0 aliphatic heterocycles. The molecule has 0 spiro atoms. The van der Waals surface area contributed by atoms with Gasteiger partial charge in [-0.15, -0.1) is 0 Å². The molecule has 1 aromatic carbocycles. The first-order chi connectivity index (χ1) is 7.91. The van der Waals surface area contributed by atoms with Crippen LogP contribution in [0.4, 0.5) is 8.78 Å². The fraction of sp³-hybridized carbons (Fsp3) is 0.462. The molecule has 1 atom stereocenters. The average Bonchev–Trinajstić information content (AvgIpc) is 2.97. The van der Waals surface area contributed by atoms with Gasteiger partial charge in [0.2, 0.25) is 0 Å². The maximum atomic E-state index is 13.0. The van der Waals surface area contributed by atoms with Gasteiger partial charge in [-0.3, -0.25) is 4.79 Å². The number of rotatable bonds is 4. The summed E-state index contributed by atoms with van der Waals surface area (Å²) < 4.78 is 26.1. The fourth-order valence-corrected chi connectivity index (χ4v) is 2.25. The maximum absolute atomic E-state index is 13.0. The van der Waals surface area contributed by atoms with Crippen LogP contribution >= 0.6 is 0 Å². The molecule has 1 saturated carbocycles. The van der Waals surface area contributed by atoms with Crippen molar-refractivity contribution in [1.82, 2.24) is 0 Å². The third kappa shape index (κ3) is 2.46. The summed E-state index contributed by atoms with van der Waals surface area (Å²) >= 11 is 0. The number of hydrogen-bond donors (Lipinski definition) is 1. The van der Waals surface area contributed by atoms with Crippen LogP contribution in [0.25, 0.3) is 0 Å². The number of halogens is 2. The standard InChI is InChI=1S/C13H14F2O2/c1-13(12(16)17,9-2-3-9)7-8-4-10(14)6-11(15)5-8/h4-6,9H,2-3,7H2,1H3,(H,16,17). The molecule has 1 unspecified atom stereocenters. The molecule has 1 aliphatic carbocycles. The summed E-state index contributed by atoms with van der Waals surface area (Å²) in [4.78, 5) is 11.3. The van der Waals surface area contributed by atoms with E-state index < -0.39 is 23.0 Å². The molecule has 4 heteroatoms. The van der Waals surface area contributed by atoms with E-state index in [4.69, 9.17) is 0 Å². The number of hydrogen-bond acceptors (Lipinski definition) is 1. The molecule has 1 aliphatic rings. The van der Waals surface area contributed by atoms with Gasteiger partial charge in [0.15, 0.2) is 0 Å². The zero-order valence-corrected chi connectivity index (χ0v) is 9.54. The monoisotopic (exact) mass is 240 g/mol. The molecule has 0 radical (unpaired) electrons. The summed E-state index contributed by atoms with van der Waals surface area (Å²) in [7, 11) is 0. The molecule has 92 valence electrons. The molecule has 17 heavy (non-hydrogen) atoms. The molecule has 1 fully saturated rings. The SMILES string of the molecule is CC(Cc1cc(F)cc(F)c1)(C(=O)O)C1CC1. The Morgan fingerprint density at radius 1 is 1.35 bits per heavy atom. The van der Waals surface area contributed by atoms with Gasteiger partial charge >= 0.3 is 5.97 Å². The number of aliphatic carboxylic acids is 1. The number of benzene rings is 1. The van der Waals surface area contributed by atoms with Crippen molar-refractivity contribution >= 4 is 5.97 Å². The van der Waals surface area contributed by atoms with E-state index in [0.29, 0.717) is 5.56 Å². The Morgan fingerprint density at radius 2 is 1.88 bits per heavy atom. The van der Waals surface area contributed by atoms with E-state index in [-0.39, 0.29) is 12.3 Å². The minimum absolute atomic E-state index is 0.117. The Bertz CT molecular complexity index is 434. The predicted molar refractivity (Wildman–Crippen MR) is 58.5 cm³/mol. The van der Waals surface area contributed by atoms with Gasteiger partial charge in [-0.25, -0.2) is 8.78 Å². The third-order valence-corrected chi connectivity index (χ3v) is 3.46. The molecule has 0 saturated heterocycles. The van der Waals surface area contributed by atoms with Crippen LogP contribution < -0.4 is 0 Å². The average molecular weight is 240 g/mol. The molecule has 1 aromatic rings. The molecule has 2 rings (SSSR count). The topological polar surface area (TPSA) is 37.3 Å². The van der Waals surface area contributed by atoms with Crippen LogP contribution in [0.15, 0.2) is 18.2 Å². The second kappa shape index (κ2) is 4.09. The van der Waals surface area contributed by atoms with Gasteiger partial charge in [0, 0.05) is 6.07 Å². The van der Waals surface area contributed by atoms with Crippen molar-refractivity contribution in [2.45, 2.75) is 26.2 Å². The lowest BCUT2D eigenvalue weighted by Crippen LogP contribution is -2.32. The van der Waals surface area contributed by atoms with Crippen molar-refractivity contribution in [3.63, 3.8) is 0 Å². The molecule has 0 aromatic heterocycles. The van der Waals surface area contributed by atoms with Gasteiger partial charge in [0.1, 0.15) is 11.6 Å². The lowest BCUT2D eigenvalue weighted by Gasteiger charge is -2.24. The zero-order chi connectivity index (χ0) is 12.6. The van der Waals surface area contributed by atoms with Crippen LogP contribution in [0.3, 0.4) is 0 Å². The van der Waals surface area contributed by atoms with E-state index in [1.807, 2.05) is 0 Å².